The Morgan fingerprint density at radius 1 is 1.32 bits per heavy atom. The van der Waals surface area contributed by atoms with Crippen molar-refractivity contribution in [2.24, 2.45) is 5.92 Å². The first-order valence-corrected chi connectivity index (χ1v) is 10.5. The van der Waals surface area contributed by atoms with E-state index in [1.807, 2.05) is 38.1 Å². The number of benzene rings is 1. The van der Waals surface area contributed by atoms with Crippen LogP contribution in [0, 0.1) is 12.8 Å². The molecule has 1 atom stereocenters. The third-order valence-electron chi connectivity index (χ3n) is 4.64. The van der Waals surface area contributed by atoms with Crippen molar-refractivity contribution in [3.8, 4) is 0 Å². The first-order chi connectivity index (χ1) is 13.3. The third-order valence-corrected chi connectivity index (χ3v) is 6.24. The van der Waals surface area contributed by atoms with Crippen LogP contribution in [0.1, 0.15) is 43.1 Å². The predicted octanol–water partition coefficient (Wildman–Crippen LogP) is 5.34. The van der Waals surface area contributed by atoms with E-state index in [9.17, 15) is 4.79 Å². The van der Waals surface area contributed by atoms with E-state index in [0.717, 1.165) is 33.0 Å². The van der Waals surface area contributed by atoms with Crippen LogP contribution in [0.25, 0.3) is 16.3 Å². The van der Waals surface area contributed by atoms with Crippen LogP contribution in [0.2, 0.25) is 5.15 Å². The maximum absolute atomic E-state index is 12.7. The molecule has 0 radical (unpaired) electrons. The van der Waals surface area contributed by atoms with Crippen LogP contribution in [0.5, 0.6) is 0 Å². The van der Waals surface area contributed by atoms with E-state index < -0.39 is 0 Å². The van der Waals surface area contributed by atoms with Gasteiger partial charge in [-0.2, -0.15) is 5.10 Å². The number of amides is 1. The normalized spacial score (nSPS) is 13.0. The number of rotatable bonds is 6. The van der Waals surface area contributed by atoms with Gasteiger partial charge in [0.05, 0.1) is 22.0 Å². The summed E-state index contributed by atoms with van der Waals surface area (Å²) in [5.74, 6) is 0.342. The lowest BCUT2D eigenvalue weighted by Crippen LogP contribution is -2.27. The highest BCUT2D eigenvalue weighted by Crippen LogP contribution is 2.29. The largest absolute Gasteiger partial charge is 0.333 e. The molecular weight excluding hydrogens is 392 g/mol. The number of thiazole rings is 1. The van der Waals surface area contributed by atoms with Crippen LogP contribution < -0.4 is 0 Å². The number of carbonyl (C=O) groups excluding carboxylic acids is 1. The maximum atomic E-state index is 12.7. The van der Waals surface area contributed by atoms with Crippen molar-refractivity contribution in [3.05, 3.63) is 51.8 Å². The number of para-hydroxylation sites is 1. The fourth-order valence-electron chi connectivity index (χ4n) is 2.92. The van der Waals surface area contributed by atoms with Crippen LogP contribution in [0.3, 0.4) is 0 Å². The lowest BCUT2D eigenvalue weighted by Gasteiger charge is -2.21. The zero-order valence-electron chi connectivity index (χ0n) is 16.8. The second-order valence-electron chi connectivity index (χ2n) is 7.34. The molecule has 148 valence electrons. The first kappa shape index (κ1) is 20.6. The molecule has 0 aliphatic heterocycles. The molecule has 2 heterocycles. The fourth-order valence-corrected chi connectivity index (χ4v) is 4.29. The highest BCUT2D eigenvalue weighted by molar-refractivity contribution is 7.18. The van der Waals surface area contributed by atoms with Gasteiger partial charge in [-0.3, -0.25) is 9.48 Å². The maximum Gasteiger partial charge on any atom is 0.246 e. The van der Waals surface area contributed by atoms with Crippen molar-refractivity contribution >= 4 is 45.1 Å². The van der Waals surface area contributed by atoms with Gasteiger partial charge in [0.2, 0.25) is 5.91 Å². The Balaban J connectivity index is 1.75. The smallest absolute Gasteiger partial charge is 0.246 e. The van der Waals surface area contributed by atoms with Gasteiger partial charge in [-0.1, -0.05) is 37.6 Å². The summed E-state index contributed by atoms with van der Waals surface area (Å²) >= 11 is 8.07. The Morgan fingerprint density at radius 2 is 2.04 bits per heavy atom. The molecule has 3 rings (SSSR count). The van der Waals surface area contributed by atoms with Crippen LogP contribution in [0.4, 0.5) is 0 Å². The summed E-state index contributed by atoms with van der Waals surface area (Å²) in [6, 6.07) is 7.89. The van der Waals surface area contributed by atoms with Gasteiger partial charge in [0.1, 0.15) is 10.2 Å². The van der Waals surface area contributed by atoms with Crippen molar-refractivity contribution in [3.63, 3.8) is 0 Å². The lowest BCUT2D eigenvalue weighted by molar-refractivity contribution is -0.126. The monoisotopic (exact) mass is 416 g/mol. The summed E-state index contributed by atoms with van der Waals surface area (Å²) in [6.07, 6.45) is 3.31. The van der Waals surface area contributed by atoms with Gasteiger partial charge < -0.3 is 4.90 Å². The Kier molecular flexibility index (Phi) is 6.20. The molecule has 1 unspecified atom stereocenters. The average molecular weight is 417 g/mol. The number of hydrogen-bond acceptors (Lipinski definition) is 4. The van der Waals surface area contributed by atoms with E-state index >= 15 is 0 Å². The second kappa shape index (κ2) is 8.45. The molecular formula is C21H25ClN4OS. The fraction of sp³-hybridized carbons (Fsp3) is 0.381. The van der Waals surface area contributed by atoms with Crippen LogP contribution in [-0.2, 0) is 11.3 Å². The molecule has 3 aromatic rings. The van der Waals surface area contributed by atoms with Gasteiger partial charge >= 0.3 is 0 Å². The summed E-state index contributed by atoms with van der Waals surface area (Å²) in [6.45, 7) is 8.87. The Morgan fingerprint density at radius 3 is 2.71 bits per heavy atom. The molecule has 0 aliphatic rings. The molecule has 28 heavy (non-hydrogen) atoms. The molecule has 0 aliphatic carbocycles. The summed E-state index contributed by atoms with van der Waals surface area (Å²) in [5, 5.41) is 5.97. The standard InChI is InChI=1S/C21H25ClN4OS/c1-13(2)12-26-20(22)16(14(3)24-26)10-11-19(27)25(5)15(4)21-23-17-8-6-7-9-18(17)28-21/h6-11,13,15H,12H2,1-5H3/b11-10+. The molecule has 5 nitrogen and oxygen atoms in total. The van der Waals surface area contributed by atoms with E-state index in [1.54, 1.807) is 40.1 Å². The summed E-state index contributed by atoms with van der Waals surface area (Å²) in [4.78, 5) is 19.0. The number of nitrogens with zero attached hydrogens (tertiary/aromatic N) is 4. The second-order valence-corrected chi connectivity index (χ2v) is 8.76. The van der Waals surface area contributed by atoms with E-state index in [-0.39, 0.29) is 11.9 Å². The number of likely N-dealkylation sites (N-methyl/N-ethyl adjacent to an activating group) is 1. The summed E-state index contributed by atoms with van der Waals surface area (Å²) < 4.78 is 2.92. The van der Waals surface area contributed by atoms with Gasteiger partial charge in [0, 0.05) is 25.2 Å². The van der Waals surface area contributed by atoms with Gasteiger partial charge in [-0.25, -0.2) is 4.98 Å². The Hall–Kier alpha value is -2.18. The van der Waals surface area contributed by atoms with Gasteiger partial charge in [0.25, 0.3) is 0 Å². The Labute approximate surface area is 174 Å². The zero-order chi connectivity index (χ0) is 20.4. The Bertz CT molecular complexity index is 988. The minimum atomic E-state index is -0.116. The number of fused-ring (bicyclic) bond motifs is 1. The number of halogens is 1. The molecule has 0 spiro atoms. The number of aryl methyl sites for hydroxylation is 1. The molecule has 2 aromatic heterocycles. The van der Waals surface area contributed by atoms with E-state index in [4.69, 9.17) is 11.6 Å². The molecule has 0 N–H and O–H groups in total. The molecule has 0 saturated heterocycles. The molecule has 0 bridgehead atoms. The number of aromatic nitrogens is 3. The van der Waals surface area contributed by atoms with Crippen LogP contribution >= 0.6 is 22.9 Å². The van der Waals surface area contributed by atoms with Crippen LogP contribution in [0.15, 0.2) is 30.3 Å². The SMILES string of the molecule is Cc1nn(CC(C)C)c(Cl)c1/C=C/C(=O)N(C)C(C)c1nc2ccccc2s1. The van der Waals surface area contributed by atoms with Crippen molar-refractivity contribution in [2.75, 3.05) is 7.05 Å². The third kappa shape index (κ3) is 4.28. The van der Waals surface area contributed by atoms with Gasteiger partial charge in [0.15, 0.2) is 0 Å². The molecule has 7 heteroatoms. The molecule has 1 amide bonds. The van der Waals surface area contributed by atoms with E-state index in [2.05, 4.69) is 23.9 Å². The van der Waals surface area contributed by atoms with E-state index in [1.165, 1.54) is 0 Å². The minimum absolute atomic E-state index is 0.0983. The van der Waals surface area contributed by atoms with Crippen molar-refractivity contribution in [1.29, 1.82) is 0 Å². The molecule has 0 saturated carbocycles. The van der Waals surface area contributed by atoms with Gasteiger partial charge in [-0.15, -0.1) is 11.3 Å². The van der Waals surface area contributed by atoms with Gasteiger partial charge in [-0.05, 0) is 38.0 Å². The van der Waals surface area contributed by atoms with Crippen LogP contribution in [-0.4, -0.2) is 32.6 Å². The topological polar surface area (TPSA) is 51.0 Å². The van der Waals surface area contributed by atoms with Crippen molar-refractivity contribution in [2.45, 2.75) is 40.3 Å². The van der Waals surface area contributed by atoms with Crippen molar-refractivity contribution < 1.29 is 4.79 Å². The highest BCUT2D eigenvalue weighted by atomic mass is 35.5. The quantitative estimate of drug-likeness (QED) is 0.509. The minimum Gasteiger partial charge on any atom is -0.333 e. The molecule has 1 aromatic carbocycles. The zero-order valence-corrected chi connectivity index (χ0v) is 18.4. The summed E-state index contributed by atoms with van der Waals surface area (Å²) in [7, 11) is 1.79. The predicted molar refractivity (Wildman–Crippen MR) is 117 cm³/mol. The molecule has 0 fully saturated rings. The number of carbonyl (C=O) groups is 1. The first-order valence-electron chi connectivity index (χ1n) is 9.31. The summed E-state index contributed by atoms with van der Waals surface area (Å²) in [5.41, 5.74) is 2.57. The lowest BCUT2D eigenvalue weighted by atomic mass is 10.2. The highest BCUT2D eigenvalue weighted by Gasteiger charge is 2.20. The number of hydrogen-bond donors (Lipinski definition) is 0. The van der Waals surface area contributed by atoms with E-state index in [0.29, 0.717) is 11.1 Å². The average Bonchev–Trinajstić information content (AvgIpc) is 3.19. The van der Waals surface area contributed by atoms with Crippen molar-refractivity contribution in [1.82, 2.24) is 19.7 Å².